The van der Waals surface area contributed by atoms with Crippen molar-refractivity contribution in [1.29, 1.82) is 0 Å². The predicted molar refractivity (Wildman–Crippen MR) is 82.7 cm³/mol. The highest BCUT2D eigenvalue weighted by Gasteiger charge is 2.42. The van der Waals surface area contributed by atoms with Crippen LogP contribution in [0.1, 0.15) is 26.2 Å². The van der Waals surface area contributed by atoms with Crippen molar-refractivity contribution in [2.75, 3.05) is 11.9 Å². The maximum atomic E-state index is 12.6. The van der Waals surface area contributed by atoms with Gasteiger partial charge in [0.2, 0.25) is 10.0 Å². The summed E-state index contributed by atoms with van der Waals surface area (Å²) in [5, 5.41) is 2.99. The number of hydrogen-bond acceptors (Lipinski definition) is 5. The van der Waals surface area contributed by atoms with E-state index in [1.165, 1.54) is 0 Å². The van der Waals surface area contributed by atoms with Gasteiger partial charge in [-0.05, 0) is 48.2 Å². The number of rotatable bonds is 5. The normalized spacial score (nSPS) is 28.0. The second-order valence-electron chi connectivity index (χ2n) is 5.37. The molecule has 3 unspecified atom stereocenters. The van der Waals surface area contributed by atoms with E-state index in [9.17, 15) is 8.42 Å². The molecule has 6 nitrogen and oxygen atoms in total. The maximum absolute atomic E-state index is 12.6. The molecular weight excluding hydrogens is 358 g/mol. The molecule has 0 spiro atoms. The lowest BCUT2D eigenvalue weighted by Crippen LogP contribution is -2.41. The zero-order chi connectivity index (χ0) is 15.0. The van der Waals surface area contributed by atoms with Crippen LogP contribution < -0.4 is 10.0 Å². The first kappa shape index (κ1) is 15.2. The first-order chi connectivity index (χ1) is 9.99. The molecule has 2 aliphatic heterocycles. The van der Waals surface area contributed by atoms with Gasteiger partial charge in [0.15, 0.2) is 0 Å². The summed E-state index contributed by atoms with van der Waals surface area (Å²) in [7, 11) is -3.63. The first-order valence-corrected chi connectivity index (χ1v) is 9.34. The number of sulfonamides is 1. The van der Waals surface area contributed by atoms with Crippen LogP contribution in [0.5, 0.6) is 0 Å². The van der Waals surface area contributed by atoms with Crippen molar-refractivity contribution in [2.24, 2.45) is 0 Å². The molecule has 2 fully saturated rings. The van der Waals surface area contributed by atoms with Crippen LogP contribution in [0.15, 0.2) is 21.6 Å². The topological polar surface area (TPSA) is 80.3 Å². The third-order valence-corrected chi connectivity index (χ3v) is 5.80. The van der Waals surface area contributed by atoms with Crippen molar-refractivity contribution in [3.05, 3.63) is 16.7 Å². The highest BCUT2D eigenvalue weighted by atomic mass is 79.9. The maximum Gasteiger partial charge on any atom is 0.244 e. The van der Waals surface area contributed by atoms with Gasteiger partial charge < -0.3 is 10.1 Å². The Morgan fingerprint density at radius 3 is 2.90 bits per heavy atom. The number of pyridine rings is 1. The summed E-state index contributed by atoms with van der Waals surface area (Å²) >= 11 is 3.28. The van der Waals surface area contributed by atoms with Crippen LogP contribution in [0.3, 0.4) is 0 Å². The number of aromatic nitrogens is 1. The van der Waals surface area contributed by atoms with Crippen LogP contribution in [0, 0.1) is 0 Å². The summed E-state index contributed by atoms with van der Waals surface area (Å²) in [5.74, 6) is 0.372. The van der Waals surface area contributed by atoms with Crippen LogP contribution >= 0.6 is 15.9 Å². The fraction of sp³-hybridized carbons (Fsp3) is 0.615. The van der Waals surface area contributed by atoms with Crippen molar-refractivity contribution in [2.45, 2.75) is 49.3 Å². The average molecular weight is 376 g/mol. The summed E-state index contributed by atoms with van der Waals surface area (Å²) in [4.78, 5) is 4.32. The van der Waals surface area contributed by atoms with E-state index in [-0.39, 0.29) is 23.1 Å². The van der Waals surface area contributed by atoms with Gasteiger partial charge in [0.1, 0.15) is 10.7 Å². The van der Waals surface area contributed by atoms with Gasteiger partial charge in [0.25, 0.3) is 0 Å². The predicted octanol–water partition coefficient (Wildman–Crippen LogP) is 1.87. The van der Waals surface area contributed by atoms with Gasteiger partial charge in [-0.2, -0.15) is 0 Å². The third-order valence-electron chi connectivity index (χ3n) is 3.87. The fourth-order valence-electron chi connectivity index (χ4n) is 2.95. The van der Waals surface area contributed by atoms with E-state index in [0.717, 1.165) is 19.3 Å². The van der Waals surface area contributed by atoms with Gasteiger partial charge in [-0.25, -0.2) is 18.1 Å². The molecule has 0 aromatic carbocycles. The molecule has 3 atom stereocenters. The number of hydrogen-bond donors (Lipinski definition) is 2. The summed E-state index contributed by atoms with van der Waals surface area (Å²) in [6.45, 7) is 2.51. The Morgan fingerprint density at radius 1 is 1.48 bits per heavy atom. The Kier molecular flexibility index (Phi) is 4.22. The van der Waals surface area contributed by atoms with Crippen LogP contribution in [-0.4, -0.2) is 38.2 Å². The van der Waals surface area contributed by atoms with Crippen molar-refractivity contribution in [3.8, 4) is 0 Å². The highest BCUT2D eigenvalue weighted by Crippen LogP contribution is 2.35. The summed E-state index contributed by atoms with van der Waals surface area (Å²) in [6.07, 6.45) is 4.50. The van der Waals surface area contributed by atoms with E-state index >= 15 is 0 Å². The Labute approximate surface area is 132 Å². The van der Waals surface area contributed by atoms with Gasteiger partial charge in [-0.3, -0.25) is 0 Å². The number of nitrogens with one attached hydrogen (secondary N) is 2. The molecule has 0 aliphatic carbocycles. The Balaban J connectivity index is 1.86. The molecule has 1 aromatic rings. The molecule has 2 saturated heterocycles. The summed E-state index contributed by atoms with van der Waals surface area (Å²) in [5.41, 5.74) is 0. The standard InChI is InChI=1S/C13H18BrN3O3S/c1-2-15-13-12(5-8(14)7-16-13)21(18,19)17-10-6-9-3-4-11(10)20-9/h5,7,9-11,17H,2-4,6H2,1H3,(H,15,16). The second kappa shape index (κ2) is 5.83. The second-order valence-corrected chi connectivity index (χ2v) is 7.97. The minimum atomic E-state index is -3.63. The number of fused-ring (bicyclic) bond motifs is 2. The van der Waals surface area contributed by atoms with Gasteiger partial charge >= 0.3 is 0 Å². The molecule has 0 amide bonds. The molecule has 2 aliphatic rings. The quantitative estimate of drug-likeness (QED) is 0.820. The van der Waals surface area contributed by atoms with Crippen LogP contribution in [-0.2, 0) is 14.8 Å². The molecule has 2 N–H and O–H groups in total. The summed E-state index contributed by atoms with van der Waals surface area (Å²) in [6, 6.07) is 1.43. The van der Waals surface area contributed by atoms with Crippen LogP contribution in [0.25, 0.3) is 0 Å². The largest absolute Gasteiger partial charge is 0.373 e. The monoisotopic (exact) mass is 375 g/mol. The zero-order valence-electron chi connectivity index (χ0n) is 11.7. The molecule has 3 rings (SSSR count). The van der Waals surface area contributed by atoms with E-state index in [4.69, 9.17) is 4.74 Å². The Morgan fingerprint density at radius 2 is 2.29 bits per heavy atom. The minimum Gasteiger partial charge on any atom is -0.373 e. The van der Waals surface area contributed by atoms with Gasteiger partial charge in [0.05, 0.1) is 18.2 Å². The molecule has 116 valence electrons. The first-order valence-electron chi connectivity index (χ1n) is 7.07. The number of ether oxygens (including phenoxy) is 1. The van der Waals surface area contributed by atoms with Crippen molar-refractivity contribution in [3.63, 3.8) is 0 Å². The minimum absolute atomic E-state index is 0.00692. The number of nitrogens with zero attached hydrogens (tertiary/aromatic N) is 1. The van der Waals surface area contributed by atoms with Crippen LogP contribution in [0.2, 0.25) is 0 Å². The molecular formula is C13H18BrN3O3S. The SMILES string of the molecule is CCNc1ncc(Br)cc1S(=O)(=O)NC1CC2CCC1O2. The molecule has 0 radical (unpaired) electrons. The molecule has 1 aromatic heterocycles. The Hall–Kier alpha value is -0.700. The smallest absolute Gasteiger partial charge is 0.244 e. The van der Waals surface area contributed by atoms with E-state index < -0.39 is 10.0 Å². The van der Waals surface area contributed by atoms with E-state index in [2.05, 4.69) is 31.0 Å². The highest BCUT2D eigenvalue weighted by molar-refractivity contribution is 9.10. The molecule has 0 saturated carbocycles. The van der Waals surface area contributed by atoms with Gasteiger partial charge in [0, 0.05) is 17.2 Å². The van der Waals surface area contributed by atoms with Crippen molar-refractivity contribution >= 4 is 31.8 Å². The van der Waals surface area contributed by atoms with E-state index in [1.807, 2.05) is 6.92 Å². The number of anilines is 1. The molecule has 2 bridgehead atoms. The fourth-order valence-corrected chi connectivity index (χ4v) is 4.87. The van der Waals surface area contributed by atoms with Crippen LogP contribution in [0.4, 0.5) is 5.82 Å². The lowest BCUT2D eigenvalue weighted by atomic mass is 9.96. The van der Waals surface area contributed by atoms with Gasteiger partial charge in [-0.15, -0.1) is 0 Å². The lowest BCUT2D eigenvalue weighted by molar-refractivity contribution is 0.0996. The van der Waals surface area contributed by atoms with Crippen molar-refractivity contribution < 1.29 is 13.2 Å². The Bertz CT molecular complexity index is 638. The zero-order valence-corrected chi connectivity index (χ0v) is 14.1. The van der Waals surface area contributed by atoms with Crippen molar-refractivity contribution in [1.82, 2.24) is 9.71 Å². The van der Waals surface area contributed by atoms with E-state index in [0.29, 0.717) is 16.8 Å². The molecule has 3 heterocycles. The lowest BCUT2D eigenvalue weighted by Gasteiger charge is -2.21. The molecule has 8 heteroatoms. The average Bonchev–Trinajstić information content (AvgIpc) is 3.03. The molecule has 21 heavy (non-hydrogen) atoms. The van der Waals surface area contributed by atoms with Gasteiger partial charge in [-0.1, -0.05) is 0 Å². The third kappa shape index (κ3) is 3.08. The van der Waals surface area contributed by atoms with E-state index in [1.54, 1.807) is 12.3 Å². The number of halogens is 1. The summed E-state index contributed by atoms with van der Waals surface area (Å²) < 4.78 is 34.4.